The number of nitro benzene ring substituents is 1. The molecule has 0 aliphatic carbocycles. The van der Waals surface area contributed by atoms with Crippen molar-refractivity contribution in [1.82, 2.24) is 0 Å². The van der Waals surface area contributed by atoms with Gasteiger partial charge in [-0.05, 0) is 24.3 Å². The van der Waals surface area contributed by atoms with E-state index in [1.165, 1.54) is 18.2 Å². The molecule has 0 bridgehead atoms. The molecule has 2 aromatic carbocycles. The Hall–Kier alpha value is -1.62. The zero-order chi connectivity index (χ0) is 14.7. The maximum atomic E-state index is 10.9. The Balaban J connectivity index is 2.48. The third-order valence-corrected chi connectivity index (χ3v) is 3.28. The van der Waals surface area contributed by atoms with Crippen LogP contribution in [0.3, 0.4) is 0 Å². The van der Waals surface area contributed by atoms with Crippen LogP contribution in [0.4, 0.5) is 11.4 Å². The molecule has 0 heterocycles. The first-order chi connectivity index (χ1) is 9.49. The van der Waals surface area contributed by atoms with Crippen LogP contribution in [0, 0.1) is 10.1 Å². The molecule has 0 unspecified atom stereocenters. The SMILES string of the molecule is O=[N+]([O-])c1ccccc1C(Cl)=Nc1ccc(Cl)cc1Cl. The maximum Gasteiger partial charge on any atom is 0.279 e. The second kappa shape index (κ2) is 6.22. The van der Waals surface area contributed by atoms with Crippen LogP contribution in [-0.2, 0) is 0 Å². The van der Waals surface area contributed by atoms with Crippen molar-refractivity contribution in [2.24, 2.45) is 4.99 Å². The van der Waals surface area contributed by atoms with Gasteiger partial charge in [-0.3, -0.25) is 10.1 Å². The number of nitro groups is 1. The molecule has 0 atom stereocenters. The van der Waals surface area contributed by atoms with Crippen LogP contribution in [-0.4, -0.2) is 10.1 Å². The smallest absolute Gasteiger partial charge is 0.258 e. The van der Waals surface area contributed by atoms with E-state index in [9.17, 15) is 10.1 Å². The van der Waals surface area contributed by atoms with Gasteiger partial charge in [0, 0.05) is 11.1 Å². The average molecular weight is 330 g/mol. The highest BCUT2D eigenvalue weighted by molar-refractivity contribution is 6.70. The van der Waals surface area contributed by atoms with Crippen molar-refractivity contribution in [3.8, 4) is 0 Å². The summed E-state index contributed by atoms with van der Waals surface area (Å²) >= 11 is 17.8. The van der Waals surface area contributed by atoms with Crippen LogP contribution >= 0.6 is 34.8 Å². The highest BCUT2D eigenvalue weighted by Gasteiger charge is 2.16. The second-order valence-electron chi connectivity index (χ2n) is 3.77. The molecule has 2 rings (SSSR count). The van der Waals surface area contributed by atoms with Gasteiger partial charge in [0.1, 0.15) is 5.17 Å². The molecule has 0 aliphatic heterocycles. The molecule has 0 aliphatic rings. The second-order valence-corrected chi connectivity index (χ2v) is 4.97. The molecule has 0 fully saturated rings. The summed E-state index contributed by atoms with van der Waals surface area (Å²) in [4.78, 5) is 14.5. The zero-order valence-electron chi connectivity index (χ0n) is 9.89. The van der Waals surface area contributed by atoms with E-state index in [2.05, 4.69) is 4.99 Å². The van der Waals surface area contributed by atoms with Crippen molar-refractivity contribution in [2.75, 3.05) is 0 Å². The van der Waals surface area contributed by atoms with Gasteiger partial charge in [-0.1, -0.05) is 46.9 Å². The Labute approximate surface area is 129 Å². The van der Waals surface area contributed by atoms with E-state index >= 15 is 0 Å². The van der Waals surface area contributed by atoms with Gasteiger partial charge in [0.05, 0.1) is 21.2 Å². The molecule has 7 heteroatoms. The maximum absolute atomic E-state index is 10.9. The Morgan fingerprint density at radius 1 is 1.15 bits per heavy atom. The molecule has 0 saturated heterocycles. The van der Waals surface area contributed by atoms with E-state index in [1.54, 1.807) is 24.3 Å². The Bertz CT molecular complexity index is 702. The normalized spacial score (nSPS) is 11.4. The van der Waals surface area contributed by atoms with E-state index in [0.717, 1.165) is 0 Å². The van der Waals surface area contributed by atoms with Gasteiger partial charge in [-0.2, -0.15) is 0 Å². The minimum absolute atomic E-state index is 0.0125. The summed E-state index contributed by atoms with van der Waals surface area (Å²) in [7, 11) is 0. The first kappa shape index (κ1) is 14.8. The zero-order valence-corrected chi connectivity index (χ0v) is 12.2. The molecule has 20 heavy (non-hydrogen) atoms. The van der Waals surface area contributed by atoms with E-state index in [-0.39, 0.29) is 16.4 Å². The minimum Gasteiger partial charge on any atom is -0.258 e. The average Bonchev–Trinajstić information content (AvgIpc) is 2.41. The number of nitrogens with zero attached hydrogens (tertiary/aromatic N) is 2. The first-order valence-electron chi connectivity index (χ1n) is 5.42. The molecule has 2 aromatic rings. The number of hydrogen-bond acceptors (Lipinski definition) is 3. The highest BCUT2D eigenvalue weighted by atomic mass is 35.5. The predicted molar refractivity (Wildman–Crippen MR) is 81.6 cm³/mol. The van der Waals surface area contributed by atoms with E-state index in [1.807, 2.05) is 0 Å². The molecule has 102 valence electrons. The Kier molecular flexibility index (Phi) is 4.60. The number of rotatable bonds is 3. The van der Waals surface area contributed by atoms with Crippen LogP contribution in [0.2, 0.25) is 10.0 Å². The third kappa shape index (κ3) is 3.28. The quantitative estimate of drug-likeness (QED) is 0.440. The summed E-state index contributed by atoms with van der Waals surface area (Å²) < 4.78 is 0. The molecule has 0 amide bonds. The highest BCUT2D eigenvalue weighted by Crippen LogP contribution is 2.30. The summed E-state index contributed by atoms with van der Waals surface area (Å²) in [5.41, 5.74) is 0.496. The Morgan fingerprint density at radius 3 is 2.50 bits per heavy atom. The number of benzene rings is 2. The van der Waals surface area contributed by atoms with Crippen LogP contribution in [0.1, 0.15) is 5.56 Å². The van der Waals surface area contributed by atoms with E-state index < -0.39 is 4.92 Å². The van der Waals surface area contributed by atoms with Gasteiger partial charge in [0.25, 0.3) is 5.69 Å². The number of halogens is 3. The summed E-state index contributed by atoms with van der Waals surface area (Å²) in [6.45, 7) is 0. The fourth-order valence-corrected chi connectivity index (χ4v) is 2.25. The minimum atomic E-state index is -0.517. The van der Waals surface area contributed by atoms with E-state index in [4.69, 9.17) is 34.8 Å². The largest absolute Gasteiger partial charge is 0.279 e. The first-order valence-corrected chi connectivity index (χ1v) is 6.55. The van der Waals surface area contributed by atoms with Crippen molar-refractivity contribution >= 4 is 51.3 Å². The summed E-state index contributed by atoms with van der Waals surface area (Å²) in [5, 5.41) is 11.7. The Morgan fingerprint density at radius 2 is 1.85 bits per heavy atom. The summed E-state index contributed by atoms with van der Waals surface area (Å²) in [6.07, 6.45) is 0. The van der Waals surface area contributed by atoms with Gasteiger partial charge >= 0.3 is 0 Å². The van der Waals surface area contributed by atoms with Crippen molar-refractivity contribution < 1.29 is 4.92 Å². The molecule has 0 radical (unpaired) electrons. The van der Waals surface area contributed by atoms with Gasteiger partial charge in [-0.15, -0.1) is 0 Å². The van der Waals surface area contributed by atoms with E-state index in [0.29, 0.717) is 15.7 Å². The molecular formula is C13H7Cl3N2O2. The van der Waals surface area contributed by atoms with Crippen molar-refractivity contribution in [1.29, 1.82) is 0 Å². The fourth-order valence-electron chi connectivity index (χ4n) is 1.55. The number of hydrogen-bond donors (Lipinski definition) is 0. The fraction of sp³-hybridized carbons (Fsp3) is 0. The summed E-state index contributed by atoms with van der Waals surface area (Å²) in [6, 6.07) is 10.8. The summed E-state index contributed by atoms with van der Waals surface area (Å²) in [5.74, 6) is 0. The number of aliphatic imine (C=N–C) groups is 1. The predicted octanol–water partition coefficient (Wildman–Crippen LogP) is 5.22. The molecule has 0 saturated carbocycles. The molecular weight excluding hydrogens is 323 g/mol. The topological polar surface area (TPSA) is 55.5 Å². The van der Waals surface area contributed by atoms with Crippen LogP contribution in [0.15, 0.2) is 47.5 Å². The van der Waals surface area contributed by atoms with Gasteiger partial charge in [0.15, 0.2) is 0 Å². The third-order valence-electron chi connectivity index (χ3n) is 2.45. The van der Waals surface area contributed by atoms with Gasteiger partial charge in [-0.25, -0.2) is 4.99 Å². The number of para-hydroxylation sites is 1. The molecule has 0 aromatic heterocycles. The van der Waals surface area contributed by atoms with Crippen molar-refractivity contribution in [2.45, 2.75) is 0 Å². The molecule has 0 spiro atoms. The standard InChI is InChI=1S/C13H7Cl3N2O2/c14-8-5-6-11(10(15)7-8)17-13(16)9-3-1-2-4-12(9)18(19)20/h1-7H. The lowest BCUT2D eigenvalue weighted by Gasteiger charge is -2.02. The lowest BCUT2D eigenvalue weighted by molar-refractivity contribution is -0.385. The van der Waals surface area contributed by atoms with Crippen LogP contribution in [0.5, 0.6) is 0 Å². The van der Waals surface area contributed by atoms with Gasteiger partial charge in [0.2, 0.25) is 0 Å². The van der Waals surface area contributed by atoms with Crippen molar-refractivity contribution in [3.63, 3.8) is 0 Å². The lowest BCUT2D eigenvalue weighted by Crippen LogP contribution is -1.98. The monoisotopic (exact) mass is 328 g/mol. The van der Waals surface area contributed by atoms with Crippen LogP contribution < -0.4 is 0 Å². The van der Waals surface area contributed by atoms with Crippen LogP contribution in [0.25, 0.3) is 0 Å². The molecule has 4 nitrogen and oxygen atoms in total. The van der Waals surface area contributed by atoms with Gasteiger partial charge < -0.3 is 0 Å². The van der Waals surface area contributed by atoms with Crippen molar-refractivity contribution in [3.05, 3.63) is 68.2 Å². The lowest BCUT2D eigenvalue weighted by atomic mass is 10.2. The molecule has 0 N–H and O–H groups in total.